The minimum atomic E-state index is -0.726. The first kappa shape index (κ1) is 13.5. The number of carbonyl (C=O) groups excluding carboxylic acids is 1. The number of halogens is 1. The van der Waals surface area contributed by atoms with Crippen LogP contribution in [0.2, 0.25) is 0 Å². The van der Waals surface area contributed by atoms with Crippen LogP contribution in [-0.2, 0) is 9.53 Å². The molecule has 0 fully saturated rings. The molecule has 4 heteroatoms. The zero-order valence-electron chi connectivity index (χ0n) is 9.42. The molecule has 2 rings (SSSR count). The van der Waals surface area contributed by atoms with Crippen molar-refractivity contribution >= 4 is 29.1 Å². The molecule has 0 aliphatic carbocycles. The largest absolute Gasteiger partial charge is 0.468 e. The maximum atomic E-state index is 11.4. The molecule has 0 radical (unpaired) electrons. The lowest BCUT2D eigenvalue weighted by atomic mass is 9.99. The van der Waals surface area contributed by atoms with Gasteiger partial charge in [-0.2, -0.15) is 0 Å². The number of fused-ring (bicyclic) bond motifs is 1. The molecule has 0 heterocycles. The van der Waals surface area contributed by atoms with Crippen LogP contribution >= 0.6 is 12.4 Å². The van der Waals surface area contributed by atoms with Gasteiger partial charge in [0.15, 0.2) is 0 Å². The van der Waals surface area contributed by atoms with Crippen LogP contribution in [-0.4, -0.2) is 13.1 Å². The van der Waals surface area contributed by atoms with E-state index in [0.29, 0.717) is 0 Å². The van der Waals surface area contributed by atoms with Crippen LogP contribution in [0.15, 0.2) is 42.5 Å². The minimum Gasteiger partial charge on any atom is -0.468 e. The maximum Gasteiger partial charge on any atom is 0.327 e. The molecule has 0 aromatic heterocycles. The van der Waals surface area contributed by atoms with Crippen molar-refractivity contribution in [1.29, 1.82) is 0 Å². The number of hydrogen-bond acceptors (Lipinski definition) is 3. The fraction of sp³-hybridized carbons (Fsp3) is 0.154. The maximum absolute atomic E-state index is 11.4. The Bertz CT molecular complexity index is 522. The molecule has 17 heavy (non-hydrogen) atoms. The fourth-order valence-electron chi connectivity index (χ4n) is 1.78. The van der Waals surface area contributed by atoms with Crippen LogP contribution in [0.4, 0.5) is 0 Å². The van der Waals surface area contributed by atoms with E-state index < -0.39 is 12.0 Å². The molecule has 1 atom stereocenters. The molecule has 0 bridgehead atoms. The molecule has 0 spiro atoms. The van der Waals surface area contributed by atoms with Crippen LogP contribution in [0.1, 0.15) is 11.6 Å². The molecule has 3 nitrogen and oxygen atoms in total. The number of benzene rings is 2. The van der Waals surface area contributed by atoms with Crippen molar-refractivity contribution in [3.63, 3.8) is 0 Å². The number of hydrogen-bond donors (Lipinski definition) is 1. The Balaban J connectivity index is 0.00000144. The summed E-state index contributed by atoms with van der Waals surface area (Å²) in [6.07, 6.45) is 0. The molecule has 0 amide bonds. The molecule has 0 aliphatic heterocycles. The molecule has 2 N–H and O–H groups in total. The highest BCUT2D eigenvalue weighted by atomic mass is 35.5. The van der Waals surface area contributed by atoms with Crippen molar-refractivity contribution in [2.45, 2.75) is 6.04 Å². The van der Waals surface area contributed by atoms with Gasteiger partial charge in [0.05, 0.1) is 7.11 Å². The molecule has 90 valence electrons. The molecule has 0 saturated carbocycles. The Hall–Kier alpha value is -1.58. The van der Waals surface area contributed by atoms with Gasteiger partial charge in [-0.05, 0) is 16.3 Å². The Morgan fingerprint density at radius 2 is 1.82 bits per heavy atom. The number of rotatable bonds is 2. The molecule has 0 saturated heterocycles. The van der Waals surface area contributed by atoms with Gasteiger partial charge in [-0.3, -0.25) is 4.79 Å². The highest BCUT2D eigenvalue weighted by Crippen LogP contribution is 2.23. The topological polar surface area (TPSA) is 52.3 Å². The summed E-state index contributed by atoms with van der Waals surface area (Å²) in [5, 5.41) is 2.06. The summed E-state index contributed by atoms with van der Waals surface area (Å²) in [4.78, 5) is 11.4. The van der Waals surface area contributed by atoms with Crippen molar-refractivity contribution in [1.82, 2.24) is 0 Å². The average Bonchev–Trinajstić information content (AvgIpc) is 2.36. The van der Waals surface area contributed by atoms with E-state index in [1.165, 1.54) is 7.11 Å². The zero-order valence-corrected chi connectivity index (χ0v) is 10.2. The summed E-state index contributed by atoms with van der Waals surface area (Å²) < 4.78 is 4.65. The number of nitrogens with two attached hydrogens (primary N) is 1. The first-order chi connectivity index (χ1) is 7.74. The number of carbonyl (C=O) groups is 1. The normalized spacial score (nSPS) is 11.6. The second kappa shape index (κ2) is 5.66. The third-order valence-corrected chi connectivity index (χ3v) is 2.61. The summed E-state index contributed by atoms with van der Waals surface area (Å²) >= 11 is 0. The predicted molar refractivity (Wildman–Crippen MR) is 70.1 cm³/mol. The van der Waals surface area contributed by atoms with E-state index in [1.54, 1.807) is 0 Å². The van der Waals surface area contributed by atoms with E-state index in [0.717, 1.165) is 16.3 Å². The van der Waals surface area contributed by atoms with Gasteiger partial charge in [-0.15, -0.1) is 12.4 Å². The quantitative estimate of drug-likeness (QED) is 0.834. The van der Waals surface area contributed by atoms with E-state index in [-0.39, 0.29) is 12.4 Å². The summed E-state index contributed by atoms with van der Waals surface area (Å²) in [7, 11) is 1.34. The summed E-state index contributed by atoms with van der Waals surface area (Å²) in [5.74, 6) is -0.420. The summed E-state index contributed by atoms with van der Waals surface area (Å²) in [6, 6.07) is 12.8. The fourth-order valence-corrected chi connectivity index (χ4v) is 1.78. The second-order valence-electron chi connectivity index (χ2n) is 3.57. The van der Waals surface area contributed by atoms with E-state index in [9.17, 15) is 4.79 Å². The van der Waals surface area contributed by atoms with Gasteiger partial charge in [-0.1, -0.05) is 42.5 Å². The van der Waals surface area contributed by atoms with Gasteiger partial charge in [0.2, 0.25) is 0 Å². The van der Waals surface area contributed by atoms with Crippen LogP contribution < -0.4 is 5.73 Å². The Morgan fingerprint density at radius 1 is 1.18 bits per heavy atom. The molecular formula is C13H14ClNO2. The minimum absolute atomic E-state index is 0. The van der Waals surface area contributed by atoms with Gasteiger partial charge in [0.1, 0.15) is 6.04 Å². The van der Waals surface area contributed by atoms with Gasteiger partial charge in [0, 0.05) is 0 Å². The summed E-state index contributed by atoms with van der Waals surface area (Å²) in [5.41, 5.74) is 6.64. The number of methoxy groups -OCH3 is 1. The van der Waals surface area contributed by atoms with E-state index in [1.807, 2.05) is 42.5 Å². The third-order valence-electron chi connectivity index (χ3n) is 2.61. The lowest BCUT2D eigenvalue weighted by molar-refractivity contribution is -0.142. The standard InChI is InChI=1S/C13H13NO2.ClH/c1-16-13(15)12(14)11-8-4-6-9-5-2-3-7-10(9)11;/h2-8,12H,14H2,1H3;1H. The number of ether oxygens (including phenoxy) is 1. The smallest absolute Gasteiger partial charge is 0.327 e. The highest BCUT2D eigenvalue weighted by molar-refractivity contribution is 5.90. The van der Waals surface area contributed by atoms with Crippen LogP contribution in [0, 0.1) is 0 Å². The molecule has 0 aliphatic rings. The van der Waals surface area contributed by atoms with Crippen molar-refractivity contribution in [2.24, 2.45) is 5.73 Å². The Kier molecular flexibility index (Phi) is 4.49. The van der Waals surface area contributed by atoms with Crippen molar-refractivity contribution in [3.05, 3.63) is 48.0 Å². The average molecular weight is 252 g/mol. The van der Waals surface area contributed by atoms with E-state index in [4.69, 9.17) is 5.73 Å². The Labute approximate surface area is 106 Å². The monoisotopic (exact) mass is 251 g/mol. The lowest BCUT2D eigenvalue weighted by Crippen LogP contribution is -2.22. The predicted octanol–water partition coefficient (Wildman–Crippen LogP) is 2.43. The number of esters is 1. The highest BCUT2D eigenvalue weighted by Gasteiger charge is 2.17. The first-order valence-corrected chi connectivity index (χ1v) is 5.05. The lowest BCUT2D eigenvalue weighted by Gasteiger charge is -2.12. The second-order valence-corrected chi connectivity index (χ2v) is 3.57. The van der Waals surface area contributed by atoms with Gasteiger partial charge in [0.25, 0.3) is 0 Å². The van der Waals surface area contributed by atoms with Crippen molar-refractivity contribution in [2.75, 3.05) is 7.11 Å². The molecular weight excluding hydrogens is 238 g/mol. The van der Waals surface area contributed by atoms with Gasteiger partial charge >= 0.3 is 5.97 Å². The molecule has 2 aromatic carbocycles. The van der Waals surface area contributed by atoms with Crippen molar-refractivity contribution in [3.8, 4) is 0 Å². The van der Waals surface area contributed by atoms with E-state index >= 15 is 0 Å². The van der Waals surface area contributed by atoms with Crippen LogP contribution in [0.3, 0.4) is 0 Å². The van der Waals surface area contributed by atoms with E-state index in [2.05, 4.69) is 4.74 Å². The van der Waals surface area contributed by atoms with Gasteiger partial charge < -0.3 is 10.5 Å². The van der Waals surface area contributed by atoms with Crippen LogP contribution in [0.5, 0.6) is 0 Å². The van der Waals surface area contributed by atoms with Crippen LogP contribution in [0.25, 0.3) is 10.8 Å². The molecule has 2 aromatic rings. The zero-order chi connectivity index (χ0) is 11.5. The molecule has 1 unspecified atom stereocenters. The third kappa shape index (κ3) is 2.57. The first-order valence-electron chi connectivity index (χ1n) is 5.05. The Morgan fingerprint density at radius 3 is 2.53 bits per heavy atom. The summed E-state index contributed by atoms with van der Waals surface area (Å²) in [6.45, 7) is 0. The SMILES string of the molecule is COC(=O)C(N)c1cccc2ccccc12.Cl. The van der Waals surface area contributed by atoms with Gasteiger partial charge in [-0.25, -0.2) is 0 Å². The van der Waals surface area contributed by atoms with Crippen molar-refractivity contribution < 1.29 is 9.53 Å².